The average molecular weight is 179 g/mol. The van der Waals surface area contributed by atoms with Crippen molar-refractivity contribution < 1.29 is 4.42 Å². The van der Waals surface area contributed by atoms with Crippen molar-refractivity contribution in [2.75, 3.05) is 11.1 Å². The maximum atomic E-state index is 5.35. The van der Waals surface area contributed by atoms with Crippen molar-refractivity contribution in [3.8, 4) is 0 Å². The predicted molar refractivity (Wildman–Crippen MR) is 47.5 cm³/mol. The smallest absolute Gasteiger partial charge is 0.227 e. The molecule has 0 unspecified atom stereocenters. The maximum Gasteiger partial charge on any atom is 0.227 e. The lowest BCUT2D eigenvalue weighted by Gasteiger charge is -1.97. The first-order valence-electron chi connectivity index (χ1n) is 3.73. The molecule has 2 aromatic heterocycles. The third-order valence-corrected chi connectivity index (χ3v) is 1.61. The van der Waals surface area contributed by atoms with Gasteiger partial charge in [-0.3, -0.25) is 4.98 Å². The van der Waals surface area contributed by atoms with Crippen LogP contribution in [0.4, 0.5) is 17.6 Å². The molecule has 2 rings (SSSR count). The molecule has 0 aliphatic rings. The minimum atomic E-state index is 0.281. The summed E-state index contributed by atoms with van der Waals surface area (Å²) in [4.78, 5) is 2.74. The standard InChI is InChI=1S/C7H9N5O/c1-4-2-13-3-5(4)9-7-10-6(8)11-12-7/h2-3H,1H3,(H4,8,9,10,11,12). The van der Waals surface area contributed by atoms with Gasteiger partial charge in [-0.25, -0.2) is 0 Å². The third-order valence-electron chi connectivity index (χ3n) is 1.61. The molecular weight excluding hydrogens is 170 g/mol. The Morgan fingerprint density at radius 3 is 2.85 bits per heavy atom. The quantitative estimate of drug-likeness (QED) is 0.640. The first kappa shape index (κ1) is 7.66. The number of hydrogen-bond acceptors (Lipinski definition) is 5. The van der Waals surface area contributed by atoms with E-state index in [1.54, 1.807) is 12.5 Å². The second kappa shape index (κ2) is 2.81. The summed E-state index contributed by atoms with van der Waals surface area (Å²) in [5, 5.41) is 10.3. The fraction of sp³-hybridized carbons (Fsp3) is 0.143. The molecule has 0 saturated heterocycles. The topological polar surface area (TPSA) is 92.8 Å². The van der Waals surface area contributed by atoms with Gasteiger partial charge in [-0.1, -0.05) is 0 Å². The van der Waals surface area contributed by atoms with E-state index >= 15 is 0 Å². The molecule has 0 amide bonds. The lowest BCUT2D eigenvalue weighted by Crippen LogP contribution is -1.92. The normalized spacial score (nSPS) is 10.2. The van der Waals surface area contributed by atoms with Gasteiger partial charge in [0.2, 0.25) is 11.9 Å². The van der Waals surface area contributed by atoms with Crippen LogP contribution in [0.15, 0.2) is 16.9 Å². The highest BCUT2D eigenvalue weighted by molar-refractivity contribution is 5.56. The highest BCUT2D eigenvalue weighted by Crippen LogP contribution is 2.18. The molecule has 4 N–H and O–H groups in total. The lowest BCUT2D eigenvalue weighted by atomic mass is 10.3. The molecule has 0 fully saturated rings. The van der Waals surface area contributed by atoms with Crippen LogP contribution in [0.3, 0.4) is 0 Å². The largest absolute Gasteiger partial charge is 0.470 e. The van der Waals surface area contributed by atoms with Crippen LogP contribution < -0.4 is 11.1 Å². The highest BCUT2D eigenvalue weighted by Gasteiger charge is 2.03. The van der Waals surface area contributed by atoms with Crippen LogP contribution >= 0.6 is 0 Å². The first-order valence-corrected chi connectivity index (χ1v) is 3.73. The molecule has 0 radical (unpaired) electrons. The number of nitrogen functional groups attached to an aromatic ring is 1. The van der Waals surface area contributed by atoms with Crippen molar-refractivity contribution in [2.24, 2.45) is 0 Å². The summed E-state index contributed by atoms with van der Waals surface area (Å²) in [6.07, 6.45) is 3.23. The van der Waals surface area contributed by atoms with Gasteiger partial charge in [-0.2, -0.15) is 0 Å². The maximum absolute atomic E-state index is 5.35. The van der Waals surface area contributed by atoms with E-state index < -0.39 is 0 Å². The van der Waals surface area contributed by atoms with Crippen molar-refractivity contribution in [1.82, 2.24) is 15.2 Å². The zero-order valence-electron chi connectivity index (χ0n) is 7.03. The summed E-state index contributed by atoms with van der Waals surface area (Å²) in [5.41, 5.74) is 7.19. The third kappa shape index (κ3) is 1.46. The summed E-state index contributed by atoms with van der Waals surface area (Å²) < 4.78 is 4.97. The Labute approximate surface area is 74.2 Å². The number of rotatable bonds is 2. The van der Waals surface area contributed by atoms with Crippen LogP contribution in [0, 0.1) is 6.92 Å². The van der Waals surface area contributed by atoms with Gasteiger partial charge in [0.15, 0.2) is 0 Å². The highest BCUT2D eigenvalue weighted by atomic mass is 16.3. The molecular formula is C7H9N5O. The Morgan fingerprint density at radius 2 is 2.31 bits per heavy atom. The fourth-order valence-electron chi connectivity index (χ4n) is 0.948. The molecule has 0 saturated carbocycles. The van der Waals surface area contributed by atoms with Crippen molar-refractivity contribution >= 4 is 17.6 Å². The fourth-order valence-corrected chi connectivity index (χ4v) is 0.948. The number of hydrogen-bond donors (Lipinski definition) is 3. The van der Waals surface area contributed by atoms with Crippen LogP contribution in [0.25, 0.3) is 0 Å². The Morgan fingerprint density at radius 1 is 1.46 bits per heavy atom. The van der Waals surface area contributed by atoms with E-state index in [-0.39, 0.29) is 5.95 Å². The molecule has 6 heteroatoms. The van der Waals surface area contributed by atoms with Gasteiger partial charge < -0.3 is 15.5 Å². The minimum Gasteiger partial charge on any atom is -0.470 e. The SMILES string of the molecule is Cc1cocc1Nc1nnc(N)[nH]1. The van der Waals surface area contributed by atoms with Gasteiger partial charge in [0, 0.05) is 5.56 Å². The second-order valence-corrected chi connectivity index (χ2v) is 2.65. The van der Waals surface area contributed by atoms with E-state index in [4.69, 9.17) is 10.2 Å². The number of aryl methyl sites for hydroxylation is 1. The van der Waals surface area contributed by atoms with E-state index in [0.29, 0.717) is 5.95 Å². The van der Waals surface area contributed by atoms with Crippen LogP contribution in [-0.4, -0.2) is 15.2 Å². The first-order chi connectivity index (χ1) is 6.25. The Balaban J connectivity index is 2.19. The Kier molecular flexibility index (Phi) is 1.66. The zero-order valence-corrected chi connectivity index (χ0v) is 7.03. The Bertz CT molecular complexity index is 404. The monoisotopic (exact) mass is 179 g/mol. The number of aromatic amines is 1. The summed E-state index contributed by atoms with van der Waals surface area (Å²) in [6.45, 7) is 1.92. The molecule has 2 heterocycles. The van der Waals surface area contributed by atoms with Crippen molar-refractivity contribution in [3.05, 3.63) is 18.1 Å². The molecule has 0 aliphatic carbocycles. The van der Waals surface area contributed by atoms with Gasteiger partial charge in [-0.05, 0) is 6.92 Å². The van der Waals surface area contributed by atoms with Gasteiger partial charge in [-0.15, -0.1) is 10.2 Å². The average Bonchev–Trinajstić information content (AvgIpc) is 2.64. The molecule has 2 aromatic rings. The lowest BCUT2D eigenvalue weighted by molar-refractivity contribution is 0.566. The molecule has 6 nitrogen and oxygen atoms in total. The number of nitrogens with two attached hydrogens (primary N) is 1. The summed E-state index contributed by atoms with van der Waals surface area (Å²) in [7, 11) is 0. The van der Waals surface area contributed by atoms with Crippen LogP contribution in [-0.2, 0) is 0 Å². The number of H-pyrrole nitrogens is 1. The molecule has 68 valence electrons. The van der Waals surface area contributed by atoms with E-state index in [1.807, 2.05) is 6.92 Å². The summed E-state index contributed by atoms with van der Waals surface area (Å²) in [5.74, 6) is 0.783. The van der Waals surface area contributed by atoms with Gasteiger partial charge in [0.05, 0.1) is 12.0 Å². The number of anilines is 3. The molecule has 0 spiro atoms. The summed E-state index contributed by atoms with van der Waals surface area (Å²) in [6, 6.07) is 0. The molecule has 0 aliphatic heterocycles. The van der Waals surface area contributed by atoms with E-state index in [9.17, 15) is 0 Å². The molecule has 13 heavy (non-hydrogen) atoms. The Hall–Kier alpha value is -1.98. The molecule has 0 bridgehead atoms. The van der Waals surface area contributed by atoms with Gasteiger partial charge in [0.1, 0.15) is 6.26 Å². The number of nitrogens with zero attached hydrogens (tertiary/aromatic N) is 2. The number of nitrogens with one attached hydrogen (secondary N) is 2. The van der Waals surface area contributed by atoms with Crippen molar-refractivity contribution in [3.63, 3.8) is 0 Å². The number of furan rings is 1. The second-order valence-electron chi connectivity index (χ2n) is 2.65. The van der Waals surface area contributed by atoms with Crippen LogP contribution in [0.2, 0.25) is 0 Å². The van der Waals surface area contributed by atoms with E-state index in [0.717, 1.165) is 11.3 Å². The minimum absolute atomic E-state index is 0.281. The van der Waals surface area contributed by atoms with E-state index in [1.165, 1.54) is 0 Å². The predicted octanol–water partition coefficient (Wildman–Crippen LogP) is 1.03. The molecule has 0 atom stereocenters. The van der Waals surface area contributed by atoms with Crippen LogP contribution in [0.5, 0.6) is 0 Å². The van der Waals surface area contributed by atoms with Crippen molar-refractivity contribution in [1.29, 1.82) is 0 Å². The zero-order chi connectivity index (χ0) is 9.26. The van der Waals surface area contributed by atoms with Crippen molar-refractivity contribution in [2.45, 2.75) is 6.92 Å². The number of aromatic nitrogens is 3. The van der Waals surface area contributed by atoms with Gasteiger partial charge >= 0.3 is 0 Å². The van der Waals surface area contributed by atoms with E-state index in [2.05, 4.69) is 20.5 Å². The van der Waals surface area contributed by atoms with Gasteiger partial charge in [0.25, 0.3) is 0 Å². The summed E-state index contributed by atoms with van der Waals surface area (Å²) >= 11 is 0. The van der Waals surface area contributed by atoms with Crippen LogP contribution in [0.1, 0.15) is 5.56 Å². The molecule has 0 aromatic carbocycles.